The molecule has 43 heavy (non-hydrogen) atoms. The molecule has 3 aromatic carbocycles. The Morgan fingerprint density at radius 3 is 2.40 bits per heavy atom. The monoisotopic (exact) mass is 582 g/mol. The molecule has 1 aromatic heterocycles. The maximum atomic E-state index is 14.0. The van der Waals surface area contributed by atoms with Gasteiger partial charge in [0, 0.05) is 57.8 Å². The maximum Gasteiger partial charge on any atom is 0.258 e. The smallest absolute Gasteiger partial charge is 0.258 e. The minimum Gasteiger partial charge on any atom is -0.338 e. The van der Waals surface area contributed by atoms with Gasteiger partial charge in [0.25, 0.3) is 5.91 Å². The number of carbonyl (C=O) groups excluding carboxylic acids is 2. The van der Waals surface area contributed by atoms with Crippen molar-refractivity contribution in [1.29, 1.82) is 0 Å². The van der Waals surface area contributed by atoms with Crippen LogP contribution in [0.1, 0.15) is 52.7 Å². The molecule has 0 unspecified atom stereocenters. The van der Waals surface area contributed by atoms with Gasteiger partial charge < -0.3 is 9.80 Å². The van der Waals surface area contributed by atoms with E-state index in [0.29, 0.717) is 44.6 Å². The molecule has 8 nitrogen and oxygen atoms in total. The lowest BCUT2D eigenvalue weighted by atomic mass is 10.0. The number of anilines is 1. The lowest BCUT2D eigenvalue weighted by Gasteiger charge is -2.32. The molecule has 0 saturated heterocycles. The second-order valence-electron chi connectivity index (χ2n) is 11.1. The summed E-state index contributed by atoms with van der Waals surface area (Å²) in [5, 5.41) is 4.15. The normalized spacial score (nSPS) is 14.9. The Bertz CT molecular complexity index is 1480. The van der Waals surface area contributed by atoms with Crippen LogP contribution in [0.3, 0.4) is 0 Å². The molecule has 224 valence electrons. The van der Waals surface area contributed by atoms with E-state index >= 15 is 0 Å². The lowest BCUT2D eigenvalue weighted by Crippen LogP contribution is -2.39. The fourth-order valence-corrected chi connectivity index (χ4v) is 5.74. The van der Waals surface area contributed by atoms with Crippen molar-refractivity contribution in [3.05, 3.63) is 114 Å². The summed E-state index contributed by atoms with van der Waals surface area (Å²) in [5.74, 6) is -0.472. The third-order valence-corrected chi connectivity index (χ3v) is 7.89. The Hall–Kier alpha value is -4.37. The molecule has 0 N–H and O–H groups in total. The highest BCUT2D eigenvalue weighted by Crippen LogP contribution is 2.29. The molecule has 4 aromatic rings. The number of hydrogen-bond donors (Lipinski definition) is 0. The van der Waals surface area contributed by atoms with Gasteiger partial charge in [-0.25, -0.2) is 9.37 Å². The van der Waals surface area contributed by atoms with Crippen molar-refractivity contribution < 1.29 is 14.0 Å². The first-order valence-corrected chi connectivity index (χ1v) is 15.0. The van der Waals surface area contributed by atoms with Crippen LogP contribution in [0.25, 0.3) is 0 Å². The number of benzene rings is 3. The highest BCUT2D eigenvalue weighted by atomic mass is 19.1. The number of nitrogens with zero attached hydrogens (tertiary/aromatic N) is 6. The van der Waals surface area contributed by atoms with Crippen LogP contribution < -0.4 is 4.90 Å². The van der Waals surface area contributed by atoms with Crippen molar-refractivity contribution in [2.45, 2.75) is 52.2 Å². The summed E-state index contributed by atoms with van der Waals surface area (Å²) in [6.07, 6.45) is 5.84. The zero-order valence-electron chi connectivity index (χ0n) is 24.7. The molecule has 0 fully saturated rings. The summed E-state index contributed by atoms with van der Waals surface area (Å²) in [6, 6.07) is 22.1. The summed E-state index contributed by atoms with van der Waals surface area (Å²) >= 11 is 0. The van der Waals surface area contributed by atoms with E-state index in [9.17, 15) is 14.0 Å². The van der Waals surface area contributed by atoms with Crippen molar-refractivity contribution in [3.8, 4) is 0 Å². The van der Waals surface area contributed by atoms with Crippen LogP contribution in [0.4, 0.5) is 10.1 Å². The summed E-state index contributed by atoms with van der Waals surface area (Å²) in [7, 11) is 0. The van der Waals surface area contributed by atoms with E-state index in [1.54, 1.807) is 23.1 Å². The number of fused-ring (bicyclic) bond motifs is 1. The third-order valence-electron chi connectivity index (χ3n) is 7.89. The lowest BCUT2D eigenvalue weighted by molar-refractivity contribution is -0.132. The topological polar surface area (TPSA) is 74.6 Å². The quantitative estimate of drug-likeness (QED) is 0.289. The van der Waals surface area contributed by atoms with Crippen molar-refractivity contribution in [3.63, 3.8) is 0 Å². The van der Waals surface area contributed by atoms with Gasteiger partial charge in [0.2, 0.25) is 5.91 Å². The van der Waals surface area contributed by atoms with Crippen molar-refractivity contribution in [1.82, 2.24) is 24.6 Å². The Balaban J connectivity index is 1.44. The Morgan fingerprint density at radius 2 is 1.65 bits per heavy atom. The minimum atomic E-state index is -0.378. The zero-order chi connectivity index (χ0) is 30.0. The molecular formula is C34H39FN6O2. The largest absolute Gasteiger partial charge is 0.338 e. The van der Waals surface area contributed by atoms with Crippen LogP contribution in [0, 0.1) is 12.7 Å². The van der Waals surface area contributed by atoms with Gasteiger partial charge in [-0.05, 0) is 67.1 Å². The molecule has 2 amide bonds. The van der Waals surface area contributed by atoms with Crippen molar-refractivity contribution in [2.75, 3.05) is 31.1 Å². The van der Waals surface area contributed by atoms with Gasteiger partial charge >= 0.3 is 0 Å². The number of rotatable bonds is 7. The van der Waals surface area contributed by atoms with Crippen LogP contribution in [-0.4, -0.2) is 62.6 Å². The SMILES string of the molecule is Cc1cccc2c1N(C(=O)c1ccc(F)cc1)CCCN(Cc1ccccc1)CCCN(C(=O)CCCn1cncn1)C2. The van der Waals surface area contributed by atoms with Crippen LogP contribution in [0.2, 0.25) is 0 Å². The highest BCUT2D eigenvalue weighted by molar-refractivity contribution is 6.07. The average Bonchev–Trinajstić information content (AvgIpc) is 3.53. The fraction of sp³-hybridized carbons (Fsp3) is 0.353. The number of aryl methyl sites for hydroxylation is 2. The third kappa shape index (κ3) is 8.14. The molecule has 5 rings (SSSR count). The Labute approximate surface area is 252 Å². The predicted octanol–water partition coefficient (Wildman–Crippen LogP) is 5.48. The first-order chi connectivity index (χ1) is 21.0. The number of halogens is 1. The van der Waals surface area contributed by atoms with Crippen LogP contribution in [0.5, 0.6) is 0 Å². The standard InChI is InChI=1S/C34H39FN6O2/c1-27-9-5-12-30-24-39(32(42)13-6-21-40-26-36-25-37-40)20-7-18-38(23-28-10-3-2-4-11-28)19-8-22-41(33(27)30)34(43)29-14-16-31(35)17-15-29/h2-5,9-12,14-17,25-26H,6-8,13,18-24H2,1H3. The Morgan fingerprint density at radius 1 is 0.884 bits per heavy atom. The number of hydrogen-bond acceptors (Lipinski definition) is 5. The summed E-state index contributed by atoms with van der Waals surface area (Å²) < 4.78 is 15.5. The van der Waals surface area contributed by atoms with Crippen molar-refractivity contribution >= 4 is 17.5 Å². The number of aromatic nitrogens is 3. The van der Waals surface area contributed by atoms with Gasteiger partial charge in [-0.3, -0.25) is 19.2 Å². The van der Waals surface area contributed by atoms with Gasteiger partial charge in [0.05, 0.1) is 5.69 Å². The second kappa shape index (κ2) is 14.7. The number of carbonyl (C=O) groups is 2. The highest BCUT2D eigenvalue weighted by Gasteiger charge is 2.25. The molecule has 0 radical (unpaired) electrons. The van der Waals surface area contributed by atoms with Crippen LogP contribution in [-0.2, 0) is 24.4 Å². The minimum absolute atomic E-state index is 0.0793. The molecule has 0 saturated carbocycles. The summed E-state index contributed by atoms with van der Waals surface area (Å²) in [6.45, 7) is 6.60. The molecule has 0 bridgehead atoms. The van der Waals surface area contributed by atoms with Crippen molar-refractivity contribution in [2.24, 2.45) is 0 Å². The molecule has 0 atom stereocenters. The zero-order valence-corrected chi connectivity index (χ0v) is 24.7. The number of amides is 2. The Kier molecular flexibility index (Phi) is 10.3. The van der Waals surface area contributed by atoms with E-state index < -0.39 is 0 Å². The molecule has 1 aliphatic heterocycles. The van der Waals surface area contributed by atoms with Crippen LogP contribution >= 0.6 is 0 Å². The maximum absolute atomic E-state index is 14.0. The van der Waals surface area contributed by atoms with Gasteiger partial charge in [0.1, 0.15) is 18.5 Å². The first kappa shape index (κ1) is 30.1. The van der Waals surface area contributed by atoms with Crippen LogP contribution in [0.15, 0.2) is 85.5 Å². The molecule has 2 heterocycles. The summed E-state index contributed by atoms with van der Waals surface area (Å²) in [5.41, 5.74) is 4.39. The van der Waals surface area contributed by atoms with E-state index in [4.69, 9.17) is 0 Å². The van der Waals surface area contributed by atoms with Gasteiger partial charge in [0.15, 0.2) is 0 Å². The van der Waals surface area contributed by atoms with Gasteiger partial charge in [-0.1, -0.05) is 48.5 Å². The predicted molar refractivity (Wildman–Crippen MR) is 165 cm³/mol. The molecule has 0 aliphatic carbocycles. The van der Waals surface area contributed by atoms with E-state index in [-0.39, 0.29) is 17.6 Å². The fourth-order valence-electron chi connectivity index (χ4n) is 5.74. The molecular weight excluding hydrogens is 543 g/mol. The second-order valence-corrected chi connectivity index (χ2v) is 11.1. The summed E-state index contributed by atoms with van der Waals surface area (Å²) in [4.78, 5) is 37.8. The first-order valence-electron chi connectivity index (χ1n) is 15.0. The molecule has 1 aliphatic rings. The van der Waals surface area contributed by atoms with E-state index in [1.165, 1.54) is 24.0 Å². The molecule has 0 spiro atoms. The molecule has 9 heteroatoms. The van der Waals surface area contributed by atoms with E-state index in [1.807, 2.05) is 53.1 Å². The average molecular weight is 583 g/mol. The number of para-hydroxylation sites is 1. The van der Waals surface area contributed by atoms with Gasteiger partial charge in [-0.2, -0.15) is 5.10 Å². The van der Waals surface area contributed by atoms with E-state index in [0.717, 1.165) is 49.3 Å². The van der Waals surface area contributed by atoms with Gasteiger partial charge in [-0.15, -0.1) is 0 Å². The van der Waals surface area contributed by atoms with E-state index in [2.05, 4.69) is 27.1 Å².